The van der Waals surface area contributed by atoms with Crippen LogP contribution in [0.15, 0.2) is 30.3 Å². The molecule has 31 heavy (non-hydrogen) atoms. The third-order valence-electron chi connectivity index (χ3n) is 5.96. The molecule has 7 nitrogen and oxygen atoms in total. The first-order chi connectivity index (χ1) is 15.0. The molecule has 2 aliphatic heterocycles. The predicted octanol–water partition coefficient (Wildman–Crippen LogP) is 3.60. The maximum Gasteiger partial charge on any atom is 0.376 e. The van der Waals surface area contributed by atoms with Gasteiger partial charge in [-0.05, 0) is 43.9 Å². The molecule has 166 valence electrons. The van der Waals surface area contributed by atoms with Crippen molar-refractivity contribution in [3.63, 3.8) is 0 Å². The van der Waals surface area contributed by atoms with Crippen molar-refractivity contribution in [1.29, 1.82) is 0 Å². The smallest absolute Gasteiger partial charge is 0.376 e. The normalized spacial score (nSPS) is 25.8. The zero-order valence-corrected chi connectivity index (χ0v) is 18.3. The summed E-state index contributed by atoms with van der Waals surface area (Å²) in [6.07, 6.45) is 1.32. The van der Waals surface area contributed by atoms with Crippen molar-refractivity contribution in [2.24, 2.45) is 0 Å². The Morgan fingerprint density at radius 3 is 2.81 bits per heavy atom. The number of fused-ring (bicyclic) bond motifs is 2. The second kappa shape index (κ2) is 9.69. The Bertz CT molecular complexity index is 891. The number of benzene rings is 1. The molecule has 10 heteroatoms. The van der Waals surface area contributed by atoms with Crippen molar-refractivity contribution in [3.8, 4) is 22.9 Å². The van der Waals surface area contributed by atoms with Gasteiger partial charge in [-0.1, -0.05) is 18.0 Å². The van der Waals surface area contributed by atoms with Crippen LogP contribution in [0.25, 0.3) is 11.3 Å². The van der Waals surface area contributed by atoms with Crippen LogP contribution in [0, 0.1) is 0 Å². The molecule has 2 bridgehead atoms. The van der Waals surface area contributed by atoms with Gasteiger partial charge in [0, 0.05) is 42.3 Å². The number of hydrogen-bond donors (Lipinski definition) is 1. The number of rotatable bonds is 7. The Morgan fingerprint density at radius 1 is 1.26 bits per heavy atom. The summed E-state index contributed by atoms with van der Waals surface area (Å²) < 4.78 is 31.7. The van der Waals surface area contributed by atoms with E-state index in [1.807, 2.05) is 4.81 Å². The van der Waals surface area contributed by atoms with Gasteiger partial charge in [0.2, 0.25) is 5.88 Å². The van der Waals surface area contributed by atoms with Gasteiger partial charge in [0.1, 0.15) is 11.9 Å². The highest BCUT2D eigenvalue weighted by Crippen LogP contribution is 2.38. The molecule has 0 amide bonds. The lowest BCUT2D eigenvalue weighted by atomic mass is 9.71. The van der Waals surface area contributed by atoms with Crippen molar-refractivity contribution in [2.75, 3.05) is 13.9 Å². The Labute approximate surface area is 186 Å². The summed E-state index contributed by atoms with van der Waals surface area (Å²) in [6, 6.07) is 8.43. The van der Waals surface area contributed by atoms with E-state index in [9.17, 15) is 5.02 Å². The van der Waals surface area contributed by atoms with E-state index >= 15 is 4.39 Å². The summed E-state index contributed by atoms with van der Waals surface area (Å²) in [5.74, 6) is 0.799. The fraction of sp³-hybridized carbons (Fsp3) is 0.524. The minimum absolute atomic E-state index is 0.0767. The number of halogens is 2. The molecule has 0 saturated carbocycles. The van der Waals surface area contributed by atoms with Crippen molar-refractivity contribution >= 4 is 18.7 Å². The Balaban J connectivity index is 1.49. The molecule has 2 unspecified atom stereocenters. The average molecular weight is 450 g/mol. The summed E-state index contributed by atoms with van der Waals surface area (Å²) in [5.41, 5.74) is 1.29. The molecule has 2 saturated heterocycles. The molecule has 0 radical (unpaired) electrons. The average Bonchev–Trinajstić information content (AvgIpc) is 2.76. The van der Waals surface area contributed by atoms with Crippen LogP contribution in [0.1, 0.15) is 25.7 Å². The Hall–Kier alpha value is -1.94. The number of hydrogen-bond acceptors (Lipinski definition) is 7. The van der Waals surface area contributed by atoms with Crippen LogP contribution in [0.5, 0.6) is 11.6 Å². The van der Waals surface area contributed by atoms with E-state index in [2.05, 4.69) is 10.2 Å². The van der Waals surface area contributed by atoms with E-state index < -0.39 is 19.3 Å². The third kappa shape index (κ3) is 4.79. The van der Waals surface area contributed by atoms with E-state index in [1.165, 1.54) is 7.11 Å². The lowest BCUT2D eigenvalue weighted by Crippen LogP contribution is -2.64. The van der Waals surface area contributed by atoms with Gasteiger partial charge < -0.3 is 24.0 Å². The Morgan fingerprint density at radius 2 is 2.10 bits per heavy atom. The predicted molar refractivity (Wildman–Crippen MR) is 116 cm³/mol. The molecular weight excluding hydrogens is 424 g/mol. The van der Waals surface area contributed by atoms with Crippen LogP contribution in [0.4, 0.5) is 4.39 Å². The summed E-state index contributed by atoms with van der Waals surface area (Å²) >= 11 is 6.07. The number of piperidine rings is 2. The number of aromatic nitrogens is 2. The standard InChI is InChI=1S/C21H26BClFN3O4/c1-22(28)27-14-4-3-5-17(27)21(24)19(11-14)31-20-9-8-16(25-26-20)15-7-6-13(23)10-18(15)30-12-29-2/h6-10,14,17,19,21,28H,3-5,11-12H2,1-2H3/t14?,17?,19-,21+/m1/s1. The Kier molecular flexibility index (Phi) is 6.96. The maximum atomic E-state index is 15.2. The number of alkyl halides is 1. The highest BCUT2D eigenvalue weighted by atomic mass is 35.5. The molecule has 4 rings (SSSR count). The quantitative estimate of drug-likeness (QED) is 0.511. The second-order valence-electron chi connectivity index (χ2n) is 8.02. The molecule has 1 aromatic heterocycles. The molecule has 3 heterocycles. The summed E-state index contributed by atoms with van der Waals surface area (Å²) in [5, 5.41) is 19.0. The van der Waals surface area contributed by atoms with Crippen molar-refractivity contribution in [3.05, 3.63) is 35.4 Å². The first-order valence-corrected chi connectivity index (χ1v) is 10.9. The molecular formula is C21H26BClFN3O4. The molecule has 2 aliphatic rings. The second-order valence-corrected chi connectivity index (χ2v) is 8.45. The fourth-order valence-electron chi connectivity index (χ4n) is 4.67. The van der Waals surface area contributed by atoms with Crippen molar-refractivity contribution in [1.82, 2.24) is 15.0 Å². The van der Waals surface area contributed by atoms with Gasteiger partial charge in [-0.2, -0.15) is 0 Å². The SMILES string of the molecule is COCOc1cc(Cl)ccc1-c1ccc(O[C@@H]2CC3CCCC([C@@H]2F)N3B(C)O)nn1. The zero-order chi connectivity index (χ0) is 22.0. The van der Waals surface area contributed by atoms with E-state index in [4.69, 9.17) is 25.8 Å². The largest absolute Gasteiger partial charge is 0.470 e. The first-order valence-electron chi connectivity index (χ1n) is 10.5. The lowest BCUT2D eigenvalue weighted by molar-refractivity contribution is -0.0454. The van der Waals surface area contributed by atoms with Gasteiger partial charge in [-0.15, -0.1) is 10.2 Å². The monoisotopic (exact) mass is 449 g/mol. The van der Waals surface area contributed by atoms with E-state index in [1.54, 1.807) is 37.2 Å². The highest BCUT2D eigenvalue weighted by molar-refractivity contribution is 6.45. The minimum Gasteiger partial charge on any atom is -0.470 e. The van der Waals surface area contributed by atoms with Crippen LogP contribution >= 0.6 is 11.6 Å². The van der Waals surface area contributed by atoms with Crippen LogP contribution in [-0.2, 0) is 4.74 Å². The molecule has 2 fully saturated rings. The van der Waals surface area contributed by atoms with Gasteiger partial charge in [-0.3, -0.25) is 0 Å². The van der Waals surface area contributed by atoms with Crippen LogP contribution in [0.2, 0.25) is 11.8 Å². The van der Waals surface area contributed by atoms with E-state index in [0.29, 0.717) is 34.9 Å². The van der Waals surface area contributed by atoms with Crippen LogP contribution < -0.4 is 9.47 Å². The van der Waals surface area contributed by atoms with Gasteiger partial charge >= 0.3 is 7.05 Å². The van der Waals surface area contributed by atoms with Gasteiger partial charge in [0.25, 0.3) is 0 Å². The third-order valence-corrected chi connectivity index (χ3v) is 6.20. The summed E-state index contributed by atoms with van der Waals surface area (Å²) in [4.78, 5) is 1.89. The number of ether oxygens (including phenoxy) is 3. The fourth-order valence-corrected chi connectivity index (χ4v) is 4.83. The molecule has 1 N–H and O–H groups in total. The van der Waals surface area contributed by atoms with Crippen LogP contribution in [0.3, 0.4) is 0 Å². The number of methoxy groups -OCH3 is 1. The molecule has 4 atom stereocenters. The van der Waals surface area contributed by atoms with Crippen molar-refractivity contribution in [2.45, 2.75) is 56.9 Å². The zero-order valence-electron chi connectivity index (χ0n) is 17.6. The molecule has 0 aliphatic carbocycles. The summed E-state index contributed by atoms with van der Waals surface area (Å²) in [6.45, 7) is 1.78. The van der Waals surface area contributed by atoms with E-state index in [0.717, 1.165) is 12.8 Å². The highest BCUT2D eigenvalue weighted by Gasteiger charge is 2.48. The number of nitrogens with zero attached hydrogens (tertiary/aromatic N) is 3. The van der Waals surface area contributed by atoms with E-state index in [-0.39, 0.29) is 24.8 Å². The van der Waals surface area contributed by atoms with Crippen LogP contribution in [-0.4, -0.2) is 65.3 Å². The molecule has 1 aromatic carbocycles. The topological polar surface area (TPSA) is 76.9 Å². The van der Waals surface area contributed by atoms with Gasteiger partial charge in [0.05, 0.1) is 5.69 Å². The minimum atomic E-state index is -1.20. The lowest BCUT2D eigenvalue weighted by Gasteiger charge is -2.50. The maximum absolute atomic E-state index is 15.2. The van der Waals surface area contributed by atoms with Gasteiger partial charge in [0.15, 0.2) is 13.0 Å². The first kappa shape index (κ1) is 22.3. The molecule has 0 spiro atoms. The van der Waals surface area contributed by atoms with Crippen molar-refractivity contribution < 1.29 is 23.6 Å². The van der Waals surface area contributed by atoms with Gasteiger partial charge in [-0.25, -0.2) is 4.39 Å². The molecule has 2 aromatic rings. The summed E-state index contributed by atoms with van der Waals surface area (Å²) in [7, 11) is 0.871.